The fourth-order valence-corrected chi connectivity index (χ4v) is 3.88. The van der Waals surface area contributed by atoms with E-state index in [4.69, 9.17) is 4.42 Å². The lowest BCUT2D eigenvalue weighted by Gasteiger charge is -2.25. The lowest BCUT2D eigenvalue weighted by molar-refractivity contribution is -0.332. The number of ether oxygens (including phenoxy) is 1. The van der Waals surface area contributed by atoms with Crippen LogP contribution in [0.2, 0.25) is 0 Å². The van der Waals surface area contributed by atoms with Crippen LogP contribution in [-0.4, -0.2) is 44.5 Å². The van der Waals surface area contributed by atoms with Gasteiger partial charge in [0.25, 0.3) is 0 Å². The number of rotatable bonds is 5. The molecule has 2 atom stereocenters. The van der Waals surface area contributed by atoms with Crippen LogP contribution in [0.25, 0.3) is 22.5 Å². The SMILES string of the molecule is Fc1ccc(F)c([C@H]2C[C@H](F)CN2c2n[nH]c3ncc(-c4nnc(COC(F)(F)F)o4)cc23)c1. The molecular formula is C20H14F6N6O2. The number of anilines is 1. The summed E-state index contributed by atoms with van der Waals surface area (Å²) in [5, 5.41) is 14.5. The molecule has 178 valence electrons. The van der Waals surface area contributed by atoms with Crippen molar-refractivity contribution < 1.29 is 35.5 Å². The smallest absolute Gasteiger partial charge is 0.418 e. The van der Waals surface area contributed by atoms with Crippen LogP contribution in [0.4, 0.5) is 32.2 Å². The predicted octanol–water partition coefficient (Wildman–Crippen LogP) is 4.61. The molecule has 8 nitrogen and oxygen atoms in total. The van der Waals surface area contributed by atoms with E-state index in [1.54, 1.807) is 0 Å². The van der Waals surface area contributed by atoms with Crippen molar-refractivity contribution in [1.29, 1.82) is 0 Å². The van der Waals surface area contributed by atoms with Gasteiger partial charge in [-0.05, 0) is 24.3 Å². The van der Waals surface area contributed by atoms with Gasteiger partial charge in [-0.15, -0.1) is 23.4 Å². The number of hydrogen-bond donors (Lipinski definition) is 1. The molecule has 14 heteroatoms. The van der Waals surface area contributed by atoms with Gasteiger partial charge in [0.1, 0.15) is 24.4 Å². The zero-order chi connectivity index (χ0) is 24.0. The summed E-state index contributed by atoms with van der Waals surface area (Å²) in [7, 11) is 0. The van der Waals surface area contributed by atoms with Crippen molar-refractivity contribution >= 4 is 16.9 Å². The third kappa shape index (κ3) is 4.27. The molecule has 5 rings (SSSR count). The van der Waals surface area contributed by atoms with E-state index in [9.17, 15) is 26.3 Å². The van der Waals surface area contributed by atoms with Crippen molar-refractivity contribution in [1.82, 2.24) is 25.4 Å². The van der Waals surface area contributed by atoms with Crippen LogP contribution in [0.5, 0.6) is 0 Å². The van der Waals surface area contributed by atoms with Crippen LogP contribution in [0.15, 0.2) is 34.9 Å². The largest absolute Gasteiger partial charge is 0.523 e. The second kappa shape index (κ2) is 8.27. The summed E-state index contributed by atoms with van der Waals surface area (Å²) >= 11 is 0. The van der Waals surface area contributed by atoms with Gasteiger partial charge in [0, 0.05) is 18.2 Å². The summed E-state index contributed by atoms with van der Waals surface area (Å²) < 4.78 is 88.2. The maximum absolute atomic E-state index is 14.4. The zero-order valence-electron chi connectivity index (χ0n) is 17.0. The highest BCUT2D eigenvalue weighted by Gasteiger charge is 2.37. The van der Waals surface area contributed by atoms with Crippen molar-refractivity contribution in [3.63, 3.8) is 0 Å². The molecule has 0 unspecified atom stereocenters. The van der Waals surface area contributed by atoms with Gasteiger partial charge >= 0.3 is 6.36 Å². The van der Waals surface area contributed by atoms with E-state index in [2.05, 4.69) is 30.1 Å². The quantitative estimate of drug-likeness (QED) is 0.414. The third-order valence-electron chi connectivity index (χ3n) is 5.31. The molecule has 0 aliphatic carbocycles. The maximum Gasteiger partial charge on any atom is 0.523 e. The van der Waals surface area contributed by atoms with E-state index < -0.39 is 42.7 Å². The lowest BCUT2D eigenvalue weighted by atomic mass is 10.0. The Hall–Kier alpha value is -3.68. The van der Waals surface area contributed by atoms with Gasteiger partial charge in [-0.2, -0.15) is 5.10 Å². The Balaban J connectivity index is 1.48. The molecule has 1 aliphatic heterocycles. The first kappa shape index (κ1) is 22.1. The van der Waals surface area contributed by atoms with E-state index in [1.165, 1.54) is 17.2 Å². The summed E-state index contributed by atoms with van der Waals surface area (Å²) in [4.78, 5) is 5.68. The molecule has 34 heavy (non-hydrogen) atoms. The van der Waals surface area contributed by atoms with E-state index >= 15 is 0 Å². The first-order valence-corrected chi connectivity index (χ1v) is 9.91. The Morgan fingerprint density at radius 1 is 1.18 bits per heavy atom. The number of nitrogens with zero attached hydrogens (tertiary/aromatic N) is 5. The Morgan fingerprint density at radius 2 is 2.00 bits per heavy atom. The molecule has 1 N–H and O–H groups in total. The molecular weight excluding hydrogens is 470 g/mol. The number of fused-ring (bicyclic) bond motifs is 1. The average molecular weight is 484 g/mol. The molecule has 1 saturated heterocycles. The summed E-state index contributed by atoms with van der Waals surface area (Å²) in [6, 6.07) is 3.67. The van der Waals surface area contributed by atoms with Gasteiger partial charge < -0.3 is 9.32 Å². The third-order valence-corrected chi connectivity index (χ3v) is 5.31. The molecule has 0 bridgehead atoms. The molecule has 0 saturated carbocycles. The average Bonchev–Trinajstić information content (AvgIpc) is 3.51. The van der Waals surface area contributed by atoms with Gasteiger partial charge in [0.05, 0.1) is 23.5 Å². The number of benzene rings is 1. The number of alkyl halides is 4. The summed E-state index contributed by atoms with van der Waals surface area (Å²) in [6.45, 7) is -1.08. The number of H-pyrrole nitrogens is 1. The lowest BCUT2D eigenvalue weighted by Crippen LogP contribution is -2.25. The van der Waals surface area contributed by atoms with Crippen molar-refractivity contribution in [2.45, 2.75) is 31.6 Å². The number of hydrogen-bond acceptors (Lipinski definition) is 7. The van der Waals surface area contributed by atoms with E-state index in [1.807, 2.05) is 0 Å². The fourth-order valence-electron chi connectivity index (χ4n) is 3.88. The molecule has 4 heterocycles. The van der Waals surface area contributed by atoms with Crippen molar-refractivity contribution in [3.05, 3.63) is 53.6 Å². The molecule has 0 radical (unpaired) electrons. The highest BCUT2D eigenvalue weighted by molar-refractivity contribution is 5.90. The highest BCUT2D eigenvalue weighted by atomic mass is 19.4. The monoisotopic (exact) mass is 484 g/mol. The summed E-state index contributed by atoms with van der Waals surface area (Å²) in [5.41, 5.74) is 0.552. The van der Waals surface area contributed by atoms with E-state index in [0.717, 1.165) is 18.2 Å². The molecule has 1 aromatic carbocycles. The maximum atomic E-state index is 14.4. The zero-order valence-corrected chi connectivity index (χ0v) is 17.0. The van der Waals surface area contributed by atoms with Gasteiger partial charge in [-0.1, -0.05) is 0 Å². The Labute approximate surface area is 186 Å². The van der Waals surface area contributed by atoms with Crippen LogP contribution in [0, 0.1) is 11.6 Å². The van der Waals surface area contributed by atoms with Crippen LogP contribution in [-0.2, 0) is 11.3 Å². The second-order valence-electron chi connectivity index (χ2n) is 7.57. The molecule has 0 spiro atoms. The fraction of sp³-hybridized carbons (Fsp3) is 0.300. The normalized spacial score (nSPS) is 18.8. The standard InChI is InChI=1S/C20H14F6N6O2/c21-10-1-2-14(23)12(4-10)15-5-11(22)7-32(15)18-13-3-9(6-27-17(13)29-30-18)19-31-28-16(34-19)8-33-20(24,25)26/h1-4,6,11,15H,5,7-8H2,(H,27,29,30)/t11-,15+/m0/s1. The van der Waals surface area contributed by atoms with Gasteiger partial charge in [-0.3, -0.25) is 9.84 Å². The van der Waals surface area contributed by atoms with Crippen molar-refractivity contribution in [2.24, 2.45) is 0 Å². The van der Waals surface area contributed by atoms with E-state index in [0.29, 0.717) is 11.0 Å². The number of aromatic nitrogens is 5. The minimum Gasteiger partial charge on any atom is -0.418 e. The molecule has 4 aromatic rings. The summed E-state index contributed by atoms with van der Waals surface area (Å²) in [5.74, 6) is -1.63. The predicted molar refractivity (Wildman–Crippen MR) is 104 cm³/mol. The van der Waals surface area contributed by atoms with Crippen LogP contribution < -0.4 is 4.90 Å². The molecule has 1 fully saturated rings. The van der Waals surface area contributed by atoms with Gasteiger partial charge in [0.2, 0.25) is 11.8 Å². The first-order valence-electron chi connectivity index (χ1n) is 9.91. The Morgan fingerprint density at radius 3 is 2.79 bits per heavy atom. The molecule has 1 aliphatic rings. The highest BCUT2D eigenvalue weighted by Crippen LogP contribution is 2.40. The molecule has 0 amide bonds. The minimum atomic E-state index is -4.86. The van der Waals surface area contributed by atoms with Crippen LogP contribution >= 0.6 is 0 Å². The van der Waals surface area contributed by atoms with Crippen LogP contribution in [0.1, 0.15) is 23.9 Å². The van der Waals surface area contributed by atoms with Gasteiger partial charge in [-0.25, -0.2) is 18.2 Å². The number of pyridine rings is 1. The Kier molecular flexibility index (Phi) is 5.38. The second-order valence-corrected chi connectivity index (χ2v) is 7.57. The number of nitrogens with one attached hydrogen (secondary N) is 1. The van der Waals surface area contributed by atoms with Gasteiger partial charge in [0.15, 0.2) is 11.5 Å². The topological polar surface area (TPSA) is 93.0 Å². The van der Waals surface area contributed by atoms with Crippen LogP contribution in [0.3, 0.4) is 0 Å². The van der Waals surface area contributed by atoms with Crippen molar-refractivity contribution in [3.8, 4) is 11.5 Å². The first-order chi connectivity index (χ1) is 16.2. The molecule has 3 aromatic heterocycles. The number of aromatic amines is 1. The summed E-state index contributed by atoms with van der Waals surface area (Å²) in [6.07, 6.45) is -4.92. The van der Waals surface area contributed by atoms with E-state index in [-0.39, 0.29) is 35.8 Å². The Bertz CT molecular complexity index is 1340. The minimum absolute atomic E-state index is 0.00776. The number of halogens is 6. The van der Waals surface area contributed by atoms with Crippen molar-refractivity contribution in [2.75, 3.05) is 11.4 Å².